The Morgan fingerprint density at radius 2 is 1.71 bits per heavy atom. The highest BCUT2D eigenvalue weighted by Gasteiger charge is 2.29. The van der Waals surface area contributed by atoms with E-state index in [0.29, 0.717) is 6.04 Å². The third-order valence-electron chi connectivity index (χ3n) is 3.89. The molecule has 1 aliphatic rings. The SMILES string of the molecule is CCCNCC(C)(C)N1CCN(C(C)C)CC1. The van der Waals surface area contributed by atoms with Crippen molar-refractivity contribution in [2.24, 2.45) is 0 Å². The Morgan fingerprint density at radius 1 is 1.12 bits per heavy atom. The molecule has 1 aliphatic heterocycles. The predicted octanol–water partition coefficient (Wildman–Crippen LogP) is 1.79. The summed E-state index contributed by atoms with van der Waals surface area (Å²) in [5.41, 5.74) is 0.290. The van der Waals surface area contributed by atoms with Crippen LogP contribution in [0.3, 0.4) is 0 Å². The molecule has 0 atom stereocenters. The van der Waals surface area contributed by atoms with Gasteiger partial charge in [0.25, 0.3) is 0 Å². The summed E-state index contributed by atoms with van der Waals surface area (Å²) in [6, 6.07) is 0.693. The van der Waals surface area contributed by atoms with Crippen LogP contribution in [-0.4, -0.2) is 60.6 Å². The maximum Gasteiger partial charge on any atom is 0.0278 e. The van der Waals surface area contributed by atoms with Crippen LogP contribution in [-0.2, 0) is 0 Å². The molecule has 0 unspecified atom stereocenters. The molecule has 3 heteroatoms. The zero-order chi connectivity index (χ0) is 12.9. The zero-order valence-electron chi connectivity index (χ0n) is 12.4. The Balaban J connectivity index is 2.35. The molecule has 0 spiro atoms. The van der Waals surface area contributed by atoms with Crippen LogP contribution in [0.25, 0.3) is 0 Å². The first-order valence-electron chi connectivity index (χ1n) is 7.17. The van der Waals surface area contributed by atoms with Crippen LogP contribution in [0.2, 0.25) is 0 Å². The monoisotopic (exact) mass is 241 g/mol. The predicted molar refractivity (Wildman–Crippen MR) is 75.5 cm³/mol. The van der Waals surface area contributed by atoms with Crippen LogP contribution in [0.4, 0.5) is 0 Å². The Hall–Kier alpha value is -0.120. The van der Waals surface area contributed by atoms with Gasteiger partial charge in [-0.2, -0.15) is 0 Å². The van der Waals surface area contributed by atoms with E-state index in [-0.39, 0.29) is 5.54 Å². The molecule has 17 heavy (non-hydrogen) atoms. The molecular weight excluding hydrogens is 210 g/mol. The van der Waals surface area contributed by atoms with E-state index in [1.807, 2.05) is 0 Å². The van der Waals surface area contributed by atoms with E-state index < -0.39 is 0 Å². The Bertz CT molecular complexity index is 206. The van der Waals surface area contributed by atoms with Gasteiger partial charge in [-0.25, -0.2) is 0 Å². The first kappa shape index (κ1) is 14.9. The molecule has 1 fully saturated rings. The van der Waals surface area contributed by atoms with Crippen molar-refractivity contribution in [1.82, 2.24) is 15.1 Å². The van der Waals surface area contributed by atoms with E-state index in [4.69, 9.17) is 0 Å². The van der Waals surface area contributed by atoms with Gasteiger partial charge in [-0.15, -0.1) is 0 Å². The van der Waals surface area contributed by atoms with Crippen LogP contribution in [0.1, 0.15) is 41.0 Å². The molecule has 0 aromatic carbocycles. The summed E-state index contributed by atoms with van der Waals surface area (Å²) in [7, 11) is 0. The molecule has 0 amide bonds. The maximum atomic E-state index is 3.55. The molecule has 0 saturated carbocycles. The second kappa shape index (κ2) is 6.72. The summed E-state index contributed by atoms with van der Waals surface area (Å²) in [5, 5.41) is 3.55. The van der Waals surface area contributed by atoms with Crippen molar-refractivity contribution in [2.75, 3.05) is 39.3 Å². The lowest BCUT2D eigenvalue weighted by atomic mass is 10.0. The van der Waals surface area contributed by atoms with Crippen molar-refractivity contribution in [3.63, 3.8) is 0 Å². The van der Waals surface area contributed by atoms with E-state index in [1.54, 1.807) is 0 Å². The van der Waals surface area contributed by atoms with Crippen molar-refractivity contribution in [1.29, 1.82) is 0 Å². The summed E-state index contributed by atoms with van der Waals surface area (Å²) in [5.74, 6) is 0. The van der Waals surface area contributed by atoms with Crippen molar-refractivity contribution < 1.29 is 0 Å². The smallest absolute Gasteiger partial charge is 0.0278 e. The highest BCUT2D eigenvalue weighted by Crippen LogP contribution is 2.17. The Morgan fingerprint density at radius 3 is 2.18 bits per heavy atom. The van der Waals surface area contributed by atoms with Crippen LogP contribution < -0.4 is 5.32 Å². The molecule has 102 valence electrons. The van der Waals surface area contributed by atoms with Gasteiger partial charge in [0.2, 0.25) is 0 Å². The highest BCUT2D eigenvalue weighted by atomic mass is 15.3. The van der Waals surface area contributed by atoms with Gasteiger partial charge in [0.1, 0.15) is 0 Å². The van der Waals surface area contributed by atoms with E-state index >= 15 is 0 Å². The lowest BCUT2D eigenvalue weighted by Crippen LogP contribution is -2.58. The molecule has 1 saturated heterocycles. The third kappa shape index (κ3) is 4.57. The molecule has 3 nitrogen and oxygen atoms in total. The average molecular weight is 241 g/mol. The minimum absolute atomic E-state index is 0.290. The fourth-order valence-electron chi connectivity index (χ4n) is 2.53. The van der Waals surface area contributed by atoms with Gasteiger partial charge in [0.15, 0.2) is 0 Å². The molecule has 1 N–H and O–H groups in total. The quantitative estimate of drug-likeness (QED) is 0.715. The number of nitrogens with zero attached hydrogens (tertiary/aromatic N) is 2. The van der Waals surface area contributed by atoms with Gasteiger partial charge >= 0.3 is 0 Å². The lowest BCUT2D eigenvalue weighted by Gasteiger charge is -2.45. The van der Waals surface area contributed by atoms with Gasteiger partial charge in [-0.05, 0) is 40.7 Å². The normalized spacial score (nSPS) is 20.1. The lowest BCUT2D eigenvalue weighted by molar-refractivity contribution is 0.0403. The van der Waals surface area contributed by atoms with E-state index in [2.05, 4.69) is 49.7 Å². The van der Waals surface area contributed by atoms with Crippen molar-refractivity contribution in [3.05, 3.63) is 0 Å². The molecule has 0 radical (unpaired) electrons. The minimum Gasteiger partial charge on any atom is -0.315 e. The van der Waals surface area contributed by atoms with E-state index in [0.717, 1.165) is 13.1 Å². The van der Waals surface area contributed by atoms with E-state index in [1.165, 1.54) is 32.6 Å². The first-order valence-corrected chi connectivity index (χ1v) is 7.17. The Kier molecular flexibility index (Phi) is 5.90. The van der Waals surface area contributed by atoms with Crippen LogP contribution in [0.15, 0.2) is 0 Å². The molecule has 1 heterocycles. The average Bonchev–Trinajstić information content (AvgIpc) is 2.29. The van der Waals surface area contributed by atoms with Crippen LogP contribution in [0, 0.1) is 0 Å². The fourth-order valence-corrected chi connectivity index (χ4v) is 2.53. The van der Waals surface area contributed by atoms with Gasteiger partial charge in [0, 0.05) is 44.3 Å². The first-order chi connectivity index (χ1) is 7.97. The highest BCUT2D eigenvalue weighted by molar-refractivity contribution is 4.87. The summed E-state index contributed by atoms with van der Waals surface area (Å²) >= 11 is 0. The number of piperazine rings is 1. The van der Waals surface area contributed by atoms with Crippen LogP contribution >= 0.6 is 0 Å². The zero-order valence-corrected chi connectivity index (χ0v) is 12.4. The Labute approximate surface area is 108 Å². The standard InChI is InChI=1S/C14H31N3/c1-6-7-15-12-14(4,5)17-10-8-16(9-11-17)13(2)3/h13,15H,6-12H2,1-5H3. The van der Waals surface area contributed by atoms with E-state index in [9.17, 15) is 0 Å². The van der Waals surface area contributed by atoms with Crippen molar-refractivity contribution in [2.45, 2.75) is 52.6 Å². The van der Waals surface area contributed by atoms with Crippen molar-refractivity contribution >= 4 is 0 Å². The summed E-state index contributed by atoms with van der Waals surface area (Å²) in [6.45, 7) is 18.6. The molecule has 0 aromatic heterocycles. The summed E-state index contributed by atoms with van der Waals surface area (Å²) in [4.78, 5) is 5.21. The molecule has 0 bridgehead atoms. The van der Waals surface area contributed by atoms with Gasteiger partial charge < -0.3 is 5.32 Å². The number of hydrogen-bond donors (Lipinski definition) is 1. The molecular formula is C14H31N3. The molecule has 1 rings (SSSR count). The van der Waals surface area contributed by atoms with Crippen LogP contribution in [0.5, 0.6) is 0 Å². The topological polar surface area (TPSA) is 18.5 Å². The fraction of sp³-hybridized carbons (Fsp3) is 1.00. The minimum atomic E-state index is 0.290. The second-order valence-electron chi connectivity index (χ2n) is 6.11. The van der Waals surface area contributed by atoms with Gasteiger partial charge in [0.05, 0.1) is 0 Å². The second-order valence-corrected chi connectivity index (χ2v) is 6.11. The summed E-state index contributed by atoms with van der Waals surface area (Å²) in [6.07, 6.45) is 1.22. The number of hydrogen-bond acceptors (Lipinski definition) is 3. The van der Waals surface area contributed by atoms with Gasteiger partial charge in [-0.3, -0.25) is 9.80 Å². The summed E-state index contributed by atoms with van der Waals surface area (Å²) < 4.78 is 0. The number of rotatable bonds is 6. The van der Waals surface area contributed by atoms with Gasteiger partial charge in [-0.1, -0.05) is 6.92 Å². The van der Waals surface area contributed by atoms with Crippen molar-refractivity contribution in [3.8, 4) is 0 Å². The number of nitrogens with one attached hydrogen (secondary N) is 1. The maximum absolute atomic E-state index is 3.55. The largest absolute Gasteiger partial charge is 0.315 e. The third-order valence-corrected chi connectivity index (χ3v) is 3.89. The molecule has 0 aliphatic carbocycles. The molecule has 0 aromatic rings.